The Balaban J connectivity index is 2.45. The van der Waals surface area contributed by atoms with Crippen molar-refractivity contribution >= 4 is 6.08 Å². The zero-order valence-corrected chi connectivity index (χ0v) is 7.38. The summed E-state index contributed by atoms with van der Waals surface area (Å²) < 4.78 is 0. The van der Waals surface area contributed by atoms with Gasteiger partial charge in [0.25, 0.3) is 0 Å². The highest BCUT2D eigenvalue weighted by Gasteiger charge is 2.14. The predicted octanol–water partition coefficient (Wildman–Crippen LogP) is 3.44. The van der Waals surface area contributed by atoms with Crippen LogP contribution < -0.4 is 0 Å². The van der Waals surface area contributed by atoms with E-state index >= 15 is 0 Å². The maximum absolute atomic E-state index is 2.25. The largest absolute Gasteiger partial charge is 0.0830 e. The third-order valence-corrected chi connectivity index (χ3v) is 2.43. The summed E-state index contributed by atoms with van der Waals surface area (Å²) in [6.07, 6.45) is 6.77. The molecule has 0 saturated heterocycles. The smallest absolute Gasteiger partial charge is 0.00907 e. The molecule has 0 heteroatoms. The summed E-state index contributed by atoms with van der Waals surface area (Å²) in [5.74, 6) is 1.56. The summed E-state index contributed by atoms with van der Waals surface area (Å²) in [5, 5.41) is 0. The second kappa shape index (κ2) is 3.14. The fourth-order valence-corrected chi connectivity index (χ4v) is 1.74. The Morgan fingerprint density at radius 2 is 2.08 bits per heavy atom. The summed E-state index contributed by atoms with van der Waals surface area (Å²) in [5.41, 5.74) is 2.82. The van der Waals surface area contributed by atoms with E-state index in [2.05, 4.69) is 43.3 Å². The van der Waals surface area contributed by atoms with Gasteiger partial charge in [-0.25, -0.2) is 0 Å². The lowest BCUT2D eigenvalue weighted by molar-refractivity contribution is 0.885. The Kier molecular flexibility index (Phi) is 1.99. The van der Waals surface area contributed by atoms with Crippen molar-refractivity contribution < 1.29 is 0 Å². The van der Waals surface area contributed by atoms with E-state index in [0.717, 1.165) is 6.42 Å². The van der Waals surface area contributed by atoms with E-state index in [1.165, 1.54) is 17.5 Å². The molecule has 0 fully saturated rings. The van der Waals surface area contributed by atoms with E-state index in [1.54, 1.807) is 5.92 Å². The van der Waals surface area contributed by atoms with Crippen LogP contribution in [0.5, 0.6) is 0 Å². The Labute approximate surface area is 73.9 Å². The molecule has 12 heavy (non-hydrogen) atoms. The summed E-state index contributed by atoms with van der Waals surface area (Å²) in [6, 6.07) is 8.62. The molecule has 1 radical (unpaired) electrons. The van der Waals surface area contributed by atoms with Gasteiger partial charge in [0.15, 0.2) is 0 Å². The molecule has 2 rings (SSSR count). The van der Waals surface area contributed by atoms with Crippen LogP contribution in [0, 0.1) is 5.92 Å². The van der Waals surface area contributed by atoms with Crippen molar-refractivity contribution in [3.05, 3.63) is 47.4 Å². The number of allylic oxidation sites excluding steroid dienone is 1. The minimum atomic E-state index is 1.13. The lowest BCUT2D eigenvalue weighted by Gasteiger charge is -2.18. The number of fused-ring (bicyclic) bond motifs is 1. The highest BCUT2D eigenvalue weighted by atomic mass is 14.2. The quantitative estimate of drug-likeness (QED) is 0.585. The van der Waals surface area contributed by atoms with E-state index in [0.29, 0.717) is 0 Å². The lowest BCUT2D eigenvalue weighted by atomic mass is 9.86. The molecule has 1 aromatic carbocycles. The molecule has 0 nitrogen and oxygen atoms in total. The standard InChI is InChI=1S/C12H13/c1-2-10-7-5-8-11-6-3-4-9-12(10)11/h3-6,8-9H,2,7H2,1H3. The van der Waals surface area contributed by atoms with Crippen molar-refractivity contribution in [3.8, 4) is 0 Å². The van der Waals surface area contributed by atoms with Crippen LogP contribution in [-0.4, -0.2) is 0 Å². The summed E-state index contributed by atoms with van der Waals surface area (Å²) in [4.78, 5) is 0. The van der Waals surface area contributed by atoms with E-state index in [4.69, 9.17) is 0 Å². The van der Waals surface area contributed by atoms with Gasteiger partial charge in [-0.3, -0.25) is 0 Å². The first-order chi connectivity index (χ1) is 5.92. The van der Waals surface area contributed by atoms with E-state index in [9.17, 15) is 0 Å². The number of rotatable bonds is 1. The summed E-state index contributed by atoms with van der Waals surface area (Å²) in [6.45, 7) is 2.23. The molecular weight excluding hydrogens is 144 g/mol. The molecule has 0 spiro atoms. The van der Waals surface area contributed by atoms with Crippen molar-refractivity contribution in [3.63, 3.8) is 0 Å². The molecule has 0 aliphatic heterocycles. The van der Waals surface area contributed by atoms with Gasteiger partial charge < -0.3 is 0 Å². The van der Waals surface area contributed by atoms with E-state index < -0.39 is 0 Å². The first kappa shape index (κ1) is 7.60. The molecular formula is C12H13. The average molecular weight is 157 g/mol. The SMILES string of the molecule is CC[C]1CC=Cc2ccccc21. The van der Waals surface area contributed by atoms with Crippen LogP contribution in [0.25, 0.3) is 6.08 Å². The molecule has 0 saturated carbocycles. The number of hydrogen-bond donors (Lipinski definition) is 0. The third kappa shape index (κ3) is 1.18. The monoisotopic (exact) mass is 157 g/mol. The van der Waals surface area contributed by atoms with Crippen LogP contribution in [0.4, 0.5) is 0 Å². The molecule has 61 valence electrons. The normalized spacial score (nSPS) is 16.1. The second-order valence-electron chi connectivity index (χ2n) is 3.15. The predicted molar refractivity (Wildman–Crippen MR) is 52.7 cm³/mol. The van der Waals surface area contributed by atoms with Gasteiger partial charge in [0.1, 0.15) is 0 Å². The van der Waals surface area contributed by atoms with Gasteiger partial charge in [-0.1, -0.05) is 43.3 Å². The highest BCUT2D eigenvalue weighted by molar-refractivity contribution is 5.61. The Morgan fingerprint density at radius 3 is 2.92 bits per heavy atom. The first-order valence-corrected chi connectivity index (χ1v) is 4.52. The van der Waals surface area contributed by atoms with E-state index in [-0.39, 0.29) is 0 Å². The van der Waals surface area contributed by atoms with E-state index in [1.807, 2.05) is 0 Å². The van der Waals surface area contributed by atoms with Crippen molar-refractivity contribution in [2.75, 3.05) is 0 Å². The molecule has 0 amide bonds. The molecule has 0 atom stereocenters. The Hall–Kier alpha value is -1.04. The van der Waals surface area contributed by atoms with Crippen LogP contribution in [0.15, 0.2) is 30.3 Å². The fraction of sp³-hybridized carbons (Fsp3) is 0.250. The van der Waals surface area contributed by atoms with Crippen LogP contribution in [-0.2, 0) is 0 Å². The maximum atomic E-state index is 2.25. The maximum Gasteiger partial charge on any atom is 0.00907 e. The summed E-state index contributed by atoms with van der Waals surface area (Å²) in [7, 11) is 0. The molecule has 0 aromatic heterocycles. The molecule has 0 bridgehead atoms. The van der Waals surface area contributed by atoms with Crippen LogP contribution in [0.1, 0.15) is 30.9 Å². The highest BCUT2D eigenvalue weighted by Crippen LogP contribution is 2.30. The average Bonchev–Trinajstić information content (AvgIpc) is 2.17. The molecule has 0 N–H and O–H groups in total. The topological polar surface area (TPSA) is 0 Å². The van der Waals surface area contributed by atoms with Crippen molar-refractivity contribution in [2.24, 2.45) is 0 Å². The van der Waals surface area contributed by atoms with Crippen LogP contribution >= 0.6 is 0 Å². The molecule has 1 aliphatic carbocycles. The molecule has 0 unspecified atom stereocenters. The van der Waals surface area contributed by atoms with Crippen LogP contribution in [0.3, 0.4) is 0 Å². The number of benzene rings is 1. The zero-order valence-electron chi connectivity index (χ0n) is 7.38. The first-order valence-electron chi connectivity index (χ1n) is 4.52. The van der Waals surface area contributed by atoms with Crippen molar-refractivity contribution in [1.82, 2.24) is 0 Å². The van der Waals surface area contributed by atoms with Gasteiger partial charge in [0.05, 0.1) is 0 Å². The summed E-state index contributed by atoms with van der Waals surface area (Å²) >= 11 is 0. The lowest BCUT2D eigenvalue weighted by Crippen LogP contribution is -2.02. The van der Waals surface area contributed by atoms with Gasteiger partial charge in [-0.15, -0.1) is 0 Å². The van der Waals surface area contributed by atoms with Gasteiger partial charge in [-0.05, 0) is 24.0 Å². The minimum Gasteiger partial charge on any atom is -0.0830 e. The minimum absolute atomic E-state index is 1.13. The fourth-order valence-electron chi connectivity index (χ4n) is 1.74. The van der Waals surface area contributed by atoms with Gasteiger partial charge >= 0.3 is 0 Å². The van der Waals surface area contributed by atoms with Crippen molar-refractivity contribution in [1.29, 1.82) is 0 Å². The van der Waals surface area contributed by atoms with Gasteiger partial charge in [-0.2, -0.15) is 0 Å². The van der Waals surface area contributed by atoms with Gasteiger partial charge in [0, 0.05) is 5.92 Å². The van der Waals surface area contributed by atoms with Crippen LogP contribution in [0.2, 0.25) is 0 Å². The Bertz CT molecular complexity index is 297. The zero-order chi connectivity index (χ0) is 8.39. The molecule has 0 heterocycles. The number of hydrogen-bond acceptors (Lipinski definition) is 0. The third-order valence-electron chi connectivity index (χ3n) is 2.43. The molecule has 1 aromatic rings. The Morgan fingerprint density at radius 1 is 1.25 bits per heavy atom. The van der Waals surface area contributed by atoms with Crippen molar-refractivity contribution in [2.45, 2.75) is 19.8 Å². The second-order valence-corrected chi connectivity index (χ2v) is 3.15. The molecule has 1 aliphatic rings. The van der Waals surface area contributed by atoms with Gasteiger partial charge in [0.2, 0.25) is 0 Å².